The van der Waals surface area contributed by atoms with E-state index < -0.39 is 0 Å². The van der Waals surface area contributed by atoms with Gasteiger partial charge in [0.1, 0.15) is 10.8 Å². The number of nitrogens with one attached hydrogen (secondary N) is 3. The molecule has 0 atom stereocenters. The lowest BCUT2D eigenvalue weighted by Crippen LogP contribution is -2.39. The van der Waals surface area contributed by atoms with Crippen LogP contribution in [-0.2, 0) is 17.9 Å². The Labute approximate surface area is 201 Å². The zero-order chi connectivity index (χ0) is 23.5. The summed E-state index contributed by atoms with van der Waals surface area (Å²) in [5.41, 5.74) is 1.41. The number of pyridine rings is 1. The predicted molar refractivity (Wildman–Crippen MR) is 129 cm³/mol. The van der Waals surface area contributed by atoms with Gasteiger partial charge >= 0.3 is 0 Å². The molecule has 1 fully saturated rings. The fourth-order valence-electron chi connectivity index (χ4n) is 4.60. The first-order valence-corrected chi connectivity index (χ1v) is 12.4. The normalized spacial score (nSPS) is 20.1. The van der Waals surface area contributed by atoms with Gasteiger partial charge in [0, 0.05) is 36.9 Å². The number of aromatic nitrogens is 3. The average Bonchev–Trinajstić information content (AvgIpc) is 2.87. The molecule has 1 aromatic carbocycles. The van der Waals surface area contributed by atoms with Crippen molar-refractivity contribution in [3.05, 3.63) is 47.7 Å². The summed E-state index contributed by atoms with van der Waals surface area (Å²) in [5, 5.41) is 12.3. The van der Waals surface area contributed by atoms with Gasteiger partial charge in [-0.15, -0.1) is 0 Å². The van der Waals surface area contributed by atoms with Crippen LogP contribution in [0.25, 0.3) is 10.8 Å². The summed E-state index contributed by atoms with van der Waals surface area (Å²) in [5.74, 6) is 1.10. The highest BCUT2D eigenvalue weighted by Crippen LogP contribution is 2.30. The van der Waals surface area contributed by atoms with Crippen LogP contribution in [0, 0.1) is 5.82 Å². The largest absolute Gasteiger partial charge is 0.481 e. The van der Waals surface area contributed by atoms with E-state index in [9.17, 15) is 9.18 Å². The number of halogens is 1. The zero-order valence-electron chi connectivity index (χ0n) is 18.9. The van der Waals surface area contributed by atoms with Crippen LogP contribution in [0.5, 0.6) is 5.88 Å². The Morgan fingerprint density at radius 3 is 2.65 bits per heavy atom. The van der Waals surface area contributed by atoms with Crippen molar-refractivity contribution in [2.24, 2.45) is 0 Å². The van der Waals surface area contributed by atoms with Crippen LogP contribution in [0.2, 0.25) is 0 Å². The van der Waals surface area contributed by atoms with E-state index in [0.29, 0.717) is 48.2 Å². The lowest BCUT2D eigenvalue weighted by Gasteiger charge is -2.30. The van der Waals surface area contributed by atoms with Gasteiger partial charge in [0.15, 0.2) is 5.82 Å². The number of amides is 1. The van der Waals surface area contributed by atoms with Crippen molar-refractivity contribution >= 4 is 34.3 Å². The van der Waals surface area contributed by atoms with Crippen molar-refractivity contribution in [1.29, 1.82) is 0 Å². The highest BCUT2D eigenvalue weighted by Gasteiger charge is 2.23. The minimum Gasteiger partial charge on any atom is -0.481 e. The molecule has 178 valence electrons. The quantitative estimate of drug-likeness (QED) is 0.471. The second-order valence-electron chi connectivity index (χ2n) is 8.61. The fraction of sp³-hybridized carbons (Fsp3) is 0.417. The van der Waals surface area contributed by atoms with Crippen molar-refractivity contribution in [3.8, 4) is 5.88 Å². The van der Waals surface area contributed by atoms with E-state index in [-0.39, 0.29) is 11.7 Å². The number of thioether (sulfide) groups is 1. The number of ether oxygens (including phenoxy) is 1. The summed E-state index contributed by atoms with van der Waals surface area (Å²) in [6.45, 7) is 1.04. The number of carbonyl (C=O) groups is 1. The summed E-state index contributed by atoms with van der Waals surface area (Å²) in [7, 11) is 1.56. The van der Waals surface area contributed by atoms with Crippen LogP contribution < -0.4 is 20.7 Å². The molecule has 8 nitrogen and oxygen atoms in total. The third-order valence-electron chi connectivity index (χ3n) is 6.39. The first kappa shape index (κ1) is 22.9. The van der Waals surface area contributed by atoms with Crippen LogP contribution in [0.4, 0.5) is 10.2 Å². The molecule has 0 bridgehead atoms. The highest BCUT2D eigenvalue weighted by atomic mass is 32.2. The Bertz CT molecular complexity index is 1200. The topological polar surface area (TPSA) is 101 Å². The summed E-state index contributed by atoms with van der Waals surface area (Å²) in [6.07, 6.45) is 7.49. The minimum atomic E-state index is -0.248. The van der Waals surface area contributed by atoms with E-state index >= 15 is 0 Å². The van der Waals surface area contributed by atoms with Crippen LogP contribution in [0.3, 0.4) is 0 Å². The Morgan fingerprint density at radius 1 is 1.12 bits per heavy atom. The van der Waals surface area contributed by atoms with Gasteiger partial charge in [0.05, 0.1) is 30.1 Å². The van der Waals surface area contributed by atoms with E-state index in [1.165, 1.54) is 17.8 Å². The van der Waals surface area contributed by atoms with Crippen LogP contribution in [-0.4, -0.2) is 45.8 Å². The Balaban J connectivity index is 1.14. The Hall–Kier alpha value is -2.82. The maximum Gasteiger partial charge on any atom is 0.236 e. The molecule has 5 rings (SSSR count). The van der Waals surface area contributed by atoms with E-state index in [1.54, 1.807) is 25.6 Å². The zero-order valence-corrected chi connectivity index (χ0v) is 19.8. The van der Waals surface area contributed by atoms with Gasteiger partial charge in [-0.1, -0.05) is 17.8 Å². The molecule has 0 spiro atoms. The third kappa shape index (κ3) is 4.98. The van der Waals surface area contributed by atoms with Gasteiger partial charge in [0.2, 0.25) is 11.8 Å². The van der Waals surface area contributed by atoms with Gasteiger partial charge in [-0.3, -0.25) is 4.79 Å². The summed E-state index contributed by atoms with van der Waals surface area (Å²) in [6, 6.07) is 5.85. The first-order chi connectivity index (χ1) is 16.6. The molecule has 1 saturated carbocycles. The number of nitrogens with zero attached hydrogens (tertiary/aromatic N) is 3. The average molecular weight is 483 g/mol. The maximum absolute atomic E-state index is 14.7. The molecule has 0 radical (unpaired) electrons. The second kappa shape index (κ2) is 10.2. The lowest BCUT2D eigenvalue weighted by molar-refractivity contribution is -0.113. The van der Waals surface area contributed by atoms with Gasteiger partial charge in [-0.05, 0) is 43.2 Å². The smallest absolute Gasteiger partial charge is 0.236 e. The number of carbonyl (C=O) groups excluding carboxylic acids is 1. The standard InChI is InChI=1S/C24H27FN6O2S/c1-33-23-21-14(8-9-26-23)2-7-19(25)18(21)12-28-16-5-3-15(4-6-16)27-10-17-11-29-24-22(30-17)31-20(32)13-34-24/h2,7-9,11,15-16,27-28H,3-6,10,12-13H2,1H3,(H,30,31,32). The Morgan fingerprint density at radius 2 is 1.88 bits per heavy atom. The molecule has 0 unspecified atom stereocenters. The molecule has 2 aromatic heterocycles. The van der Waals surface area contributed by atoms with Gasteiger partial charge in [0.25, 0.3) is 0 Å². The van der Waals surface area contributed by atoms with Crippen molar-refractivity contribution in [3.63, 3.8) is 0 Å². The molecule has 10 heteroatoms. The van der Waals surface area contributed by atoms with Crippen LogP contribution in [0.1, 0.15) is 36.9 Å². The molecular weight excluding hydrogens is 455 g/mol. The number of methoxy groups -OCH3 is 1. The lowest BCUT2D eigenvalue weighted by atomic mass is 9.91. The summed E-state index contributed by atoms with van der Waals surface area (Å²) >= 11 is 1.41. The molecule has 3 aromatic rings. The minimum absolute atomic E-state index is 0.0409. The van der Waals surface area contributed by atoms with E-state index in [1.807, 2.05) is 6.07 Å². The predicted octanol–water partition coefficient (Wildman–Crippen LogP) is 3.41. The van der Waals surface area contributed by atoms with Gasteiger partial charge in [-0.2, -0.15) is 0 Å². The molecular formula is C24H27FN6O2S. The van der Waals surface area contributed by atoms with Crippen LogP contribution in [0.15, 0.2) is 35.6 Å². The number of benzene rings is 1. The fourth-order valence-corrected chi connectivity index (χ4v) is 5.30. The second-order valence-corrected chi connectivity index (χ2v) is 9.57. The molecule has 1 amide bonds. The van der Waals surface area contributed by atoms with E-state index in [4.69, 9.17) is 4.74 Å². The Kier molecular flexibility index (Phi) is 6.89. The molecule has 34 heavy (non-hydrogen) atoms. The molecule has 3 N–H and O–H groups in total. The van der Waals surface area contributed by atoms with Crippen molar-refractivity contribution < 1.29 is 13.9 Å². The molecule has 0 saturated heterocycles. The number of anilines is 1. The summed E-state index contributed by atoms with van der Waals surface area (Å²) < 4.78 is 20.1. The SMILES string of the molecule is COc1nccc2ccc(F)c(CNC3CCC(NCc4cnc5c(n4)NC(=O)CS5)CC3)c12. The van der Waals surface area contributed by atoms with E-state index in [2.05, 4.69) is 30.9 Å². The van der Waals surface area contributed by atoms with Gasteiger partial charge in [-0.25, -0.2) is 19.3 Å². The van der Waals surface area contributed by atoms with Crippen LogP contribution >= 0.6 is 11.8 Å². The van der Waals surface area contributed by atoms with Crippen molar-refractivity contribution in [1.82, 2.24) is 25.6 Å². The third-order valence-corrected chi connectivity index (χ3v) is 7.37. The number of rotatable bonds is 7. The monoisotopic (exact) mass is 482 g/mol. The van der Waals surface area contributed by atoms with E-state index in [0.717, 1.165) is 47.2 Å². The van der Waals surface area contributed by atoms with Crippen molar-refractivity contribution in [2.45, 2.75) is 55.9 Å². The molecule has 3 heterocycles. The van der Waals surface area contributed by atoms with Crippen molar-refractivity contribution in [2.75, 3.05) is 18.2 Å². The number of hydrogen-bond donors (Lipinski definition) is 3. The maximum atomic E-state index is 14.7. The first-order valence-electron chi connectivity index (χ1n) is 11.5. The highest BCUT2D eigenvalue weighted by molar-refractivity contribution is 8.00. The molecule has 1 aliphatic heterocycles. The van der Waals surface area contributed by atoms with Gasteiger partial charge < -0.3 is 20.7 Å². The molecule has 2 aliphatic rings. The summed E-state index contributed by atoms with van der Waals surface area (Å²) in [4.78, 5) is 24.8. The molecule has 1 aliphatic carbocycles. The number of fused-ring (bicyclic) bond motifs is 2. The number of hydrogen-bond acceptors (Lipinski definition) is 8.